The monoisotopic (exact) mass is 577 g/mol. The Morgan fingerprint density at radius 1 is 0.395 bits per heavy atom. The normalized spacial score (nSPS) is 16.8. The van der Waals surface area contributed by atoms with Crippen molar-refractivity contribution >= 4 is 64.5 Å². The van der Waals surface area contributed by atoms with E-state index in [2.05, 4.69) is 0 Å². The molecule has 0 aliphatic carbocycles. The number of amidine groups is 4. The van der Waals surface area contributed by atoms with E-state index in [1.54, 1.807) is 0 Å². The summed E-state index contributed by atoms with van der Waals surface area (Å²) in [5, 5.41) is 2.80. The first-order chi connectivity index (χ1) is 21.1. The zero-order chi connectivity index (χ0) is 28.4. The Hall–Kier alpha value is -5.41. The van der Waals surface area contributed by atoms with Gasteiger partial charge in [-0.25, -0.2) is 30.0 Å². The van der Waals surface area contributed by atoms with Crippen molar-refractivity contribution in [2.24, 2.45) is 30.0 Å². The summed E-state index contributed by atoms with van der Waals surface area (Å²) in [4.78, 5) is 55.1. The van der Waals surface area contributed by atoms with Crippen LogP contribution in [-0.4, -0.2) is 41.8 Å². The van der Waals surface area contributed by atoms with E-state index >= 15 is 0 Å². The van der Waals surface area contributed by atoms with Crippen LogP contribution >= 0.6 is 8.02 Å². The van der Waals surface area contributed by atoms with Gasteiger partial charge in [0.15, 0.2) is 46.0 Å². The SMILES string of the molecule is O[P+]1(O)n2c3c4ccccc4c2N=C2N=C(N=c4c5ccccc5c(n41)=NC1=NC(=N3)c3ccccc31)c1ccccc12. The third-order valence-electron chi connectivity index (χ3n) is 8.25. The highest BCUT2D eigenvalue weighted by molar-refractivity contribution is 7.61. The second kappa shape index (κ2) is 7.90. The maximum atomic E-state index is 12.6. The van der Waals surface area contributed by atoms with Gasteiger partial charge in [0.2, 0.25) is 0 Å². The van der Waals surface area contributed by atoms with Crippen LogP contribution in [-0.2, 0) is 0 Å². The van der Waals surface area contributed by atoms with Crippen LogP contribution in [0.15, 0.2) is 127 Å². The molecule has 0 amide bonds. The van der Waals surface area contributed by atoms with Crippen molar-refractivity contribution in [3.63, 3.8) is 0 Å². The molecule has 11 heteroatoms. The van der Waals surface area contributed by atoms with Gasteiger partial charge in [-0.05, 0) is 0 Å². The molecule has 10 rings (SSSR count). The predicted molar refractivity (Wildman–Crippen MR) is 167 cm³/mol. The molecule has 6 aromatic rings. The third-order valence-corrected chi connectivity index (χ3v) is 10.1. The summed E-state index contributed by atoms with van der Waals surface area (Å²) >= 11 is 0. The summed E-state index contributed by atoms with van der Waals surface area (Å²) < 4.78 is 2.88. The molecule has 0 unspecified atom stereocenters. The molecule has 6 bridgehead atoms. The summed E-state index contributed by atoms with van der Waals surface area (Å²) in [5.74, 6) is 2.40. The van der Waals surface area contributed by atoms with E-state index in [9.17, 15) is 9.79 Å². The zero-order valence-electron chi connectivity index (χ0n) is 22.2. The Morgan fingerprint density at radius 2 is 0.744 bits per heavy atom. The minimum Gasteiger partial charge on any atom is -0.208 e. The number of benzene rings is 4. The standard InChI is InChI=1S/C32H18N8O2P/c41-43(42)39-29-21-13-5-6-14-22(21)31(39)37-27-19-11-3-4-12-20(19)28(34-27)38-32-24-16-8-7-15-23(24)30(40(32)43)36-26-18-10-2-1-9-17(18)25(33-26)35-29/h1-16,41-42H/q+1. The minimum atomic E-state index is -4.39. The summed E-state index contributed by atoms with van der Waals surface area (Å²) in [5.41, 5.74) is 3.89. The van der Waals surface area contributed by atoms with Gasteiger partial charge in [-0.1, -0.05) is 97.1 Å². The lowest BCUT2D eigenvalue weighted by Gasteiger charge is -2.17. The van der Waals surface area contributed by atoms with Crippen molar-refractivity contribution < 1.29 is 9.79 Å². The van der Waals surface area contributed by atoms with E-state index in [0.29, 0.717) is 67.5 Å². The van der Waals surface area contributed by atoms with Gasteiger partial charge >= 0.3 is 8.02 Å². The number of aliphatic imine (C=N–C) groups is 4. The van der Waals surface area contributed by atoms with Gasteiger partial charge < -0.3 is 0 Å². The van der Waals surface area contributed by atoms with Crippen LogP contribution in [0.25, 0.3) is 21.5 Å². The fraction of sp³-hybridized carbons (Fsp3) is 0. The summed E-state index contributed by atoms with van der Waals surface area (Å²) in [6, 6.07) is 30.8. The van der Waals surface area contributed by atoms with Gasteiger partial charge in [-0.15, -0.1) is 8.68 Å². The molecule has 2 aromatic heterocycles. The Kier molecular flexibility index (Phi) is 4.26. The van der Waals surface area contributed by atoms with Crippen molar-refractivity contribution in [1.29, 1.82) is 0 Å². The zero-order valence-corrected chi connectivity index (χ0v) is 23.1. The number of rotatable bonds is 0. The average Bonchev–Trinajstić information content (AvgIpc) is 3.74. The topological polar surface area (TPSA) is 124 Å². The van der Waals surface area contributed by atoms with Crippen LogP contribution in [0.5, 0.6) is 0 Å². The molecule has 10 nitrogen and oxygen atoms in total. The maximum absolute atomic E-state index is 12.6. The molecule has 4 aromatic carbocycles. The lowest BCUT2D eigenvalue weighted by molar-refractivity contribution is 0.419. The Bertz CT molecular complexity index is 2390. The van der Waals surface area contributed by atoms with E-state index in [1.807, 2.05) is 97.1 Å². The Balaban J connectivity index is 1.53. The van der Waals surface area contributed by atoms with Gasteiger partial charge in [-0.2, -0.15) is 9.79 Å². The fourth-order valence-corrected chi connectivity index (χ4v) is 8.17. The van der Waals surface area contributed by atoms with Crippen molar-refractivity contribution in [2.45, 2.75) is 0 Å². The third kappa shape index (κ3) is 2.91. The molecule has 0 atom stereocenters. The van der Waals surface area contributed by atoms with Crippen LogP contribution in [0.1, 0.15) is 22.3 Å². The van der Waals surface area contributed by atoms with Crippen molar-refractivity contribution in [3.8, 4) is 0 Å². The van der Waals surface area contributed by atoms with Gasteiger partial charge in [0.1, 0.15) is 0 Å². The van der Waals surface area contributed by atoms with Crippen LogP contribution in [0, 0.1) is 0 Å². The smallest absolute Gasteiger partial charge is 0.208 e. The second-order valence-corrected chi connectivity index (χ2v) is 12.5. The Morgan fingerprint density at radius 3 is 1.16 bits per heavy atom. The molecular weight excluding hydrogens is 559 g/mol. The molecule has 0 fully saturated rings. The molecule has 6 heterocycles. The average molecular weight is 578 g/mol. The number of hydrogen-bond donors (Lipinski definition) is 2. The molecule has 2 N–H and O–H groups in total. The highest BCUT2D eigenvalue weighted by Gasteiger charge is 2.49. The number of aromatic nitrogens is 2. The van der Waals surface area contributed by atoms with E-state index in [0.717, 1.165) is 22.3 Å². The summed E-state index contributed by atoms with van der Waals surface area (Å²) in [6.45, 7) is 0. The van der Waals surface area contributed by atoms with Gasteiger partial charge in [0, 0.05) is 43.8 Å². The second-order valence-electron chi connectivity index (χ2n) is 10.6. The van der Waals surface area contributed by atoms with Gasteiger partial charge in [-0.3, -0.25) is 0 Å². The van der Waals surface area contributed by atoms with E-state index < -0.39 is 8.02 Å². The van der Waals surface area contributed by atoms with Crippen molar-refractivity contribution in [3.05, 3.63) is 130 Å². The number of nitrogens with zero attached hydrogens (tertiary/aromatic N) is 8. The van der Waals surface area contributed by atoms with Crippen LogP contribution < -0.4 is 11.0 Å². The van der Waals surface area contributed by atoms with E-state index in [1.165, 1.54) is 8.68 Å². The molecule has 0 spiro atoms. The maximum Gasteiger partial charge on any atom is 0.498 e. The fourth-order valence-electron chi connectivity index (χ4n) is 6.36. The van der Waals surface area contributed by atoms with Gasteiger partial charge in [0.25, 0.3) is 0 Å². The molecule has 0 saturated carbocycles. The quantitative estimate of drug-likeness (QED) is 0.256. The highest BCUT2D eigenvalue weighted by Crippen LogP contribution is 2.60. The Labute approximate surface area is 243 Å². The van der Waals surface area contributed by atoms with Gasteiger partial charge in [0.05, 0.1) is 0 Å². The summed E-state index contributed by atoms with van der Waals surface area (Å²) in [7, 11) is -4.39. The first-order valence-electron chi connectivity index (χ1n) is 13.7. The molecule has 0 radical (unpaired) electrons. The molecular formula is C32H18N8O2P+. The minimum absolute atomic E-state index is 0.329. The largest absolute Gasteiger partial charge is 0.498 e. The first kappa shape index (κ1) is 23.2. The number of hydrogen-bond acceptors (Lipinski definition) is 8. The van der Waals surface area contributed by atoms with Crippen molar-refractivity contribution in [1.82, 2.24) is 8.68 Å². The van der Waals surface area contributed by atoms with E-state index in [4.69, 9.17) is 30.0 Å². The predicted octanol–water partition coefficient (Wildman–Crippen LogP) is 4.60. The van der Waals surface area contributed by atoms with Crippen molar-refractivity contribution in [2.75, 3.05) is 0 Å². The van der Waals surface area contributed by atoms with Crippen LogP contribution in [0.3, 0.4) is 0 Å². The summed E-state index contributed by atoms with van der Waals surface area (Å²) in [6.07, 6.45) is 0. The molecule has 0 saturated heterocycles. The first-order valence-corrected chi connectivity index (χ1v) is 15.3. The molecule has 43 heavy (non-hydrogen) atoms. The lowest BCUT2D eigenvalue weighted by atomic mass is 10.1. The molecule has 4 aliphatic heterocycles. The lowest BCUT2D eigenvalue weighted by Crippen LogP contribution is -2.33. The number of fused-ring (bicyclic) bond motifs is 14. The van der Waals surface area contributed by atoms with E-state index in [-0.39, 0.29) is 0 Å². The molecule has 4 aliphatic rings. The van der Waals surface area contributed by atoms with Crippen LogP contribution in [0.4, 0.5) is 11.6 Å². The molecule has 202 valence electrons. The highest BCUT2D eigenvalue weighted by atomic mass is 31.2. The van der Waals surface area contributed by atoms with Crippen LogP contribution in [0.2, 0.25) is 0 Å².